The number of anilines is 1. The van der Waals surface area contributed by atoms with Crippen molar-refractivity contribution in [3.8, 4) is 5.75 Å². The number of carbonyl (C=O) groups excluding carboxylic acids is 4. The Morgan fingerprint density at radius 2 is 1.75 bits per heavy atom. The number of imide groups is 1. The summed E-state index contributed by atoms with van der Waals surface area (Å²) >= 11 is 0. The van der Waals surface area contributed by atoms with E-state index in [9.17, 15) is 19.2 Å². The van der Waals surface area contributed by atoms with Crippen molar-refractivity contribution in [2.75, 3.05) is 37.7 Å². The quantitative estimate of drug-likeness (QED) is 0.471. The fraction of sp³-hybridized carbons (Fsp3) is 0.407. The Hall–Kier alpha value is -3.88. The molecule has 188 valence electrons. The molecule has 0 bridgehead atoms. The largest absolute Gasteiger partial charge is 0.493 e. The average Bonchev–Trinajstić information content (AvgIpc) is 3.24. The highest BCUT2D eigenvalue weighted by Crippen LogP contribution is 2.33. The summed E-state index contributed by atoms with van der Waals surface area (Å²) in [5.41, 5.74) is 2.45. The maximum absolute atomic E-state index is 12.9. The minimum Gasteiger partial charge on any atom is -0.493 e. The van der Waals surface area contributed by atoms with Crippen molar-refractivity contribution >= 4 is 29.3 Å². The molecular formula is C27H30N4O5. The van der Waals surface area contributed by atoms with Gasteiger partial charge in [0.15, 0.2) is 0 Å². The van der Waals surface area contributed by atoms with Crippen LogP contribution in [0.1, 0.15) is 41.6 Å². The van der Waals surface area contributed by atoms with Crippen LogP contribution in [0.15, 0.2) is 48.5 Å². The zero-order valence-electron chi connectivity index (χ0n) is 20.2. The van der Waals surface area contributed by atoms with Gasteiger partial charge in [0, 0.05) is 55.8 Å². The molecular weight excluding hydrogens is 460 g/mol. The molecule has 5 rings (SSSR count). The predicted octanol–water partition coefficient (Wildman–Crippen LogP) is 1.96. The van der Waals surface area contributed by atoms with Crippen LogP contribution < -0.4 is 15.0 Å². The maximum atomic E-state index is 12.9. The molecule has 3 aliphatic rings. The maximum Gasteiger partial charge on any atom is 0.255 e. The number of fused-ring (bicyclic) bond motifs is 1. The van der Waals surface area contributed by atoms with Crippen LogP contribution in [-0.2, 0) is 20.9 Å². The molecule has 1 unspecified atom stereocenters. The first-order chi connectivity index (χ1) is 17.5. The zero-order chi connectivity index (χ0) is 25.1. The van der Waals surface area contributed by atoms with Crippen molar-refractivity contribution in [3.63, 3.8) is 0 Å². The Morgan fingerprint density at radius 1 is 0.972 bits per heavy atom. The summed E-state index contributed by atoms with van der Waals surface area (Å²) < 4.78 is 5.98. The Labute approximate surface area is 210 Å². The van der Waals surface area contributed by atoms with Crippen LogP contribution in [0, 0.1) is 0 Å². The van der Waals surface area contributed by atoms with Crippen molar-refractivity contribution in [3.05, 3.63) is 59.7 Å². The second kappa shape index (κ2) is 10.4. The second-order valence-electron chi connectivity index (χ2n) is 9.34. The molecule has 4 amide bonds. The van der Waals surface area contributed by atoms with E-state index >= 15 is 0 Å². The Bertz CT molecular complexity index is 1160. The molecule has 0 aromatic heterocycles. The summed E-state index contributed by atoms with van der Waals surface area (Å²) in [4.78, 5) is 55.1. The molecule has 1 atom stereocenters. The zero-order valence-corrected chi connectivity index (χ0v) is 20.2. The summed E-state index contributed by atoms with van der Waals surface area (Å²) in [5, 5.41) is 2.32. The van der Waals surface area contributed by atoms with E-state index in [4.69, 9.17) is 4.74 Å². The number of piperidine rings is 1. The number of carbonyl (C=O) groups is 4. The van der Waals surface area contributed by atoms with E-state index in [2.05, 4.69) is 22.3 Å². The van der Waals surface area contributed by atoms with E-state index in [1.54, 1.807) is 12.1 Å². The number of nitrogens with one attached hydrogen (secondary N) is 1. The standard InChI is InChI=1S/C27H30N4O5/c32-24-12-11-22(26(34)28-24)31-18-21-20(27(31)35)8-4-9-23(21)36-17-5-10-25(33)30-15-13-29(14-16-30)19-6-2-1-3-7-19/h1-4,6-9,22H,5,10-18H2,(H,28,32,34). The van der Waals surface area contributed by atoms with E-state index < -0.39 is 11.9 Å². The minimum absolute atomic E-state index is 0.129. The molecule has 2 saturated heterocycles. The van der Waals surface area contributed by atoms with Crippen LogP contribution in [0.5, 0.6) is 5.75 Å². The fourth-order valence-electron chi connectivity index (χ4n) is 5.11. The smallest absolute Gasteiger partial charge is 0.255 e. The number of ether oxygens (including phenoxy) is 1. The third-order valence-electron chi connectivity index (χ3n) is 7.09. The molecule has 1 N–H and O–H groups in total. The van der Waals surface area contributed by atoms with E-state index in [0.29, 0.717) is 50.3 Å². The molecule has 2 aromatic rings. The molecule has 0 spiro atoms. The van der Waals surface area contributed by atoms with Crippen LogP contribution in [-0.4, -0.2) is 72.3 Å². The third-order valence-corrected chi connectivity index (χ3v) is 7.09. The van der Waals surface area contributed by atoms with Gasteiger partial charge in [0.05, 0.1) is 13.2 Å². The molecule has 9 heteroatoms. The molecule has 0 radical (unpaired) electrons. The van der Waals surface area contributed by atoms with Crippen molar-refractivity contribution in [2.24, 2.45) is 0 Å². The van der Waals surface area contributed by atoms with Gasteiger partial charge in [-0.15, -0.1) is 0 Å². The summed E-state index contributed by atoms with van der Waals surface area (Å²) in [5.74, 6) is -0.242. The molecule has 0 saturated carbocycles. The van der Waals surface area contributed by atoms with E-state index in [1.165, 1.54) is 10.6 Å². The number of hydrogen-bond donors (Lipinski definition) is 1. The Kier molecular flexibility index (Phi) is 6.88. The van der Waals surface area contributed by atoms with Gasteiger partial charge < -0.3 is 19.4 Å². The van der Waals surface area contributed by atoms with Crippen LogP contribution in [0.3, 0.4) is 0 Å². The number of hydrogen-bond acceptors (Lipinski definition) is 6. The minimum atomic E-state index is -0.657. The highest BCUT2D eigenvalue weighted by atomic mass is 16.5. The number of rotatable bonds is 7. The second-order valence-corrected chi connectivity index (χ2v) is 9.34. The van der Waals surface area contributed by atoms with Gasteiger partial charge in [-0.2, -0.15) is 0 Å². The van der Waals surface area contributed by atoms with Crippen molar-refractivity contribution in [2.45, 2.75) is 38.3 Å². The van der Waals surface area contributed by atoms with Crippen molar-refractivity contribution in [1.29, 1.82) is 0 Å². The predicted molar refractivity (Wildman–Crippen MR) is 132 cm³/mol. The monoisotopic (exact) mass is 490 g/mol. The molecule has 9 nitrogen and oxygen atoms in total. The van der Waals surface area contributed by atoms with E-state index in [-0.39, 0.29) is 30.7 Å². The number of piperazine rings is 1. The third kappa shape index (κ3) is 4.91. The number of para-hydroxylation sites is 1. The van der Waals surface area contributed by atoms with Gasteiger partial charge >= 0.3 is 0 Å². The van der Waals surface area contributed by atoms with Crippen molar-refractivity contribution in [1.82, 2.24) is 15.1 Å². The van der Waals surface area contributed by atoms with E-state index in [1.807, 2.05) is 29.2 Å². The Morgan fingerprint density at radius 3 is 2.50 bits per heavy atom. The first-order valence-corrected chi connectivity index (χ1v) is 12.5. The van der Waals surface area contributed by atoms with Crippen LogP contribution in [0.2, 0.25) is 0 Å². The molecule has 0 aliphatic carbocycles. The van der Waals surface area contributed by atoms with Crippen LogP contribution in [0.25, 0.3) is 0 Å². The summed E-state index contributed by atoms with van der Waals surface area (Å²) in [6, 6.07) is 14.9. The lowest BCUT2D eigenvalue weighted by atomic mass is 10.0. The van der Waals surface area contributed by atoms with Crippen LogP contribution in [0.4, 0.5) is 5.69 Å². The lowest BCUT2D eigenvalue weighted by Crippen LogP contribution is -2.52. The van der Waals surface area contributed by atoms with Gasteiger partial charge in [-0.3, -0.25) is 24.5 Å². The summed E-state index contributed by atoms with van der Waals surface area (Å²) in [7, 11) is 0. The van der Waals surface area contributed by atoms with Crippen molar-refractivity contribution < 1.29 is 23.9 Å². The highest BCUT2D eigenvalue weighted by molar-refractivity contribution is 6.05. The Balaban J connectivity index is 1.10. The first kappa shape index (κ1) is 23.8. The SMILES string of the molecule is O=C1CCC(N2Cc3c(OCCCC(=O)N4CCN(c5ccccc5)CC4)cccc3C2=O)C(=O)N1. The average molecular weight is 491 g/mol. The highest BCUT2D eigenvalue weighted by Gasteiger charge is 2.40. The lowest BCUT2D eigenvalue weighted by Gasteiger charge is -2.36. The summed E-state index contributed by atoms with van der Waals surface area (Å²) in [6.45, 7) is 3.68. The van der Waals surface area contributed by atoms with E-state index in [0.717, 1.165) is 18.7 Å². The van der Waals surface area contributed by atoms with Gasteiger partial charge in [-0.05, 0) is 37.1 Å². The fourth-order valence-corrected chi connectivity index (χ4v) is 5.11. The molecule has 2 fully saturated rings. The van der Waals surface area contributed by atoms with Gasteiger partial charge in [0.25, 0.3) is 5.91 Å². The number of benzene rings is 2. The normalized spacial score (nSPS) is 19.8. The molecule has 2 aromatic carbocycles. The number of amides is 4. The van der Waals surface area contributed by atoms with Gasteiger partial charge in [-0.25, -0.2) is 0 Å². The molecule has 3 heterocycles. The lowest BCUT2D eigenvalue weighted by molar-refractivity contribution is -0.137. The van der Waals surface area contributed by atoms with Gasteiger partial charge in [0.1, 0.15) is 11.8 Å². The molecule has 36 heavy (non-hydrogen) atoms. The summed E-state index contributed by atoms with van der Waals surface area (Å²) in [6.07, 6.45) is 1.52. The number of nitrogens with zero attached hydrogens (tertiary/aromatic N) is 3. The van der Waals surface area contributed by atoms with Crippen LogP contribution >= 0.6 is 0 Å². The van der Waals surface area contributed by atoms with Gasteiger partial charge in [-0.1, -0.05) is 24.3 Å². The van der Waals surface area contributed by atoms with Gasteiger partial charge in [0.2, 0.25) is 17.7 Å². The first-order valence-electron chi connectivity index (χ1n) is 12.5. The molecule has 3 aliphatic heterocycles. The topological polar surface area (TPSA) is 99.3 Å².